The molecule has 4 aromatic carbocycles. The molecule has 6 N–H and O–H groups in total. The van der Waals surface area contributed by atoms with E-state index in [0.29, 0.717) is 19.6 Å². The summed E-state index contributed by atoms with van der Waals surface area (Å²) in [4.78, 5) is 0. The van der Waals surface area contributed by atoms with Crippen molar-refractivity contribution in [3.63, 3.8) is 0 Å². The lowest BCUT2D eigenvalue weighted by molar-refractivity contribution is 0.687. The van der Waals surface area contributed by atoms with Gasteiger partial charge in [0.15, 0.2) is 0 Å². The topological polar surface area (TPSA) is 83.0 Å². The standard InChI is InChI=1S/C31H34N4/c32-14-3-17-35-30-20-26(24-6-1-4-22(18-24)12-15-33)8-10-28(30)29-11-9-27(21-31(29)35)25-7-2-5-23(19-25)13-16-34/h1-2,4-11,18-21H,3,12-17,32-34H2. The zero-order chi connectivity index (χ0) is 24.2. The van der Waals surface area contributed by atoms with Crippen LogP contribution in [0.1, 0.15) is 17.5 Å². The zero-order valence-corrected chi connectivity index (χ0v) is 20.2. The highest BCUT2D eigenvalue weighted by atomic mass is 15.0. The monoisotopic (exact) mass is 462 g/mol. The summed E-state index contributed by atoms with van der Waals surface area (Å²) in [5, 5.41) is 2.56. The van der Waals surface area contributed by atoms with E-state index in [1.165, 1.54) is 55.2 Å². The fraction of sp³-hybridized carbons (Fsp3) is 0.226. The van der Waals surface area contributed by atoms with Crippen molar-refractivity contribution in [1.82, 2.24) is 4.57 Å². The summed E-state index contributed by atoms with van der Waals surface area (Å²) >= 11 is 0. The number of hydrogen-bond acceptors (Lipinski definition) is 3. The third-order valence-corrected chi connectivity index (χ3v) is 6.84. The number of fused-ring (bicyclic) bond motifs is 3. The van der Waals surface area contributed by atoms with Crippen LogP contribution < -0.4 is 17.2 Å². The van der Waals surface area contributed by atoms with E-state index in [1.54, 1.807) is 0 Å². The molecule has 0 radical (unpaired) electrons. The van der Waals surface area contributed by atoms with Gasteiger partial charge in [0.25, 0.3) is 0 Å². The first-order valence-electron chi connectivity index (χ1n) is 12.6. The molecule has 4 heteroatoms. The molecule has 0 unspecified atom stereocenters. The molecule has 1 aromatic heterocycles. The van der Waals surface area contributed by atoms with Gasteiger partial charge >= 0.3 is 0 Å². The molecule has 178 valence electrons. The van der Waals surface area contributed by atoms with Crippen molar-refractivity contribution >= 4 is 21.8 Å². The second-order valence-electron chi connectivity index (χ2n) is 9.24. The Morgan fingerprint density at radius 3 is 1.46 bits per heavy atom. The number of nitrogens with zero attached hydrogens (tertiary/aromatic N) is 1. The molecule has 1 heterocycles. The van der Waals surface area contributed by atoms with Gasteiger partial charge in [0.2, 0.25) is 0 Å². The first-order chi connectivity index (χ1) is 17.2. The zero-order valence-electron chi connectivity index (χ0n) is 20.2. The van der Waals surface area contributed by atoms with Gasteiger partial charge in [0.1, 0.15) is 0 Å². The Morgan fingerprint density at radius 1 is 0.514 bits per heavy atom. The van der Waals surface area contributed by atoms with Crippen LogP contribution in [0.4, 0.5) is 0 Å². The number of rotatable bonds is 9. The van der Waals surface area contributed by atoms with Crippen molar-refractivity contribution in [2.75, 3.05) is 19.6 Å². The second kappa shape index (κ2) is 10.4. The average Bonchev–Trinajstić information content (AvgIpc) is 3.20. The molecule has 0 fully saturated rings. The van der Waals surface area contributed by atoms with E-state index >= 15 is 0 Å². The molecule has 0 bridgehead atoms. The lowest BCUT2D eigenvalue weighted by Crippen LogP contribution is -2.05. The SMILES string of the molecule is NCCCn1c2cc(-c3cccc(CCN)c3)ccc2c2ccc(-c3cccc(CCN)c3)cc21. The fourth-order valence-electron chi connectivity index (χ4n) is 5.09. The molecule has 4 nitrogen and oxygen atoms in total. The number of hydrogen-bond donors (Lipinski definition) is 3. The van der Waals surface area contributed by atoms with Crippen molar-refractivity contribution in [3.8, 4) is 22.3 Å². The lowest BCUT2D eigenvalue weighted by Gasteiger charge is -2.10. The van der Waals surface area contributed by atoms with Crippen molar-refractivity contribution in [1.29, 1.82) is 0 Å². The Labute approximate surface area is 207 Å². The Hall–Kier alpha value is -3.44. The van der Waals surface area contributed by atoms with Gasteiger partial charge in [0.05, 0.1) is 0 Å². The summed E-state index contributed by atoms with van der Waals surface area (Å²) in [6.07, 6.45) is 2.72. The molecule has 0 aliphatic rings. The molecular formula is C31H34N4. The summed E-state index contributed by atoms with van der Waals surface area (Å²) < 4.78 is 2.44. The minimum atomic E-state index is 0.660. The molecule has 0 spiro atoms. The van der Waals surface area contributed by atoms with E-state index in [2.05, 4.69) is 89.5 Å². The molecule has 0 aliphatic carbocycles. The molecule has 35 heavy (non-hydrogen) atoms. The number of aromatic nitrogens is 1. The van der Waals surface area contributed by atoms with Crippen LogP contribution in [-0.2, 0) is 19.4 Å². The van der Waals surface area contributed by atoms with Crippen LogP contribution in [0.2, 0.25) is 0 Å². The maximum Gasteiger partial charge on any atom is 0.0497 e. The van der Waals surface area contributed by atoms with Crippen molar-refractivity contribution in [2.24, 2.45) is 17.2 Å². The molecule has 5 aromatic rings. The Kier molecular flexibility index (Phi) is 6.96. The summed E-state index contributed by atoms with van der Waals surface area (Å²) in [6.45, 7) is 2.88. The number of benzene rings is 4. The minimum absolute atomic E-state index is 0.660. The molecular weight excluding hydrogens is 428 g/mol. The Bertz CT molecular complexity index is 1360. The normalized spacial score (nSPS) is 11.5. The maximum absolute atomic E-state index is 5.93. The van der Waals surface area contributed by atoms with Crippen LogP contribution in [-0.4, -0.2) is 24.2 Å². The lowest BCUT2D eigenvalue weighted by atomic mass is 9.99. The maximum atomic E-state index is 5.93. The predicted octanol–water partition coefficient (Wildman–Crippen LogP) is 5.48. The quantitative estimate of drug-likeness (QED) is 0.271. The van der Waals surface area contributed by atoms with Crippen LogP contribution in [0.5, 0.6) is 0 Å². The molecule has 0 saturated heterocycles. The summed E-state index contributed by atoms with van der Waals surface area (Å²) in [5.41, 5.74) is 27.5. The van der Waals surface area contributed by atoms with E-state index in [4.69, 9.17) is 17.2 Å². The molecule has 0 saturated carbocycles. The first kappa shape index (κ1) is 23.3. The van der Waals surface area contributed by atoms with Crippen LogP contribution in [0, 0.1) is 0 Å². The highest BCUT2D eigenvalue weighted by Gasteiger charge is 2.13. The predicted molar refractivity (Wildman–Crippen MR) is 150 cm³/mol. The minimum Gasteiger partial charge on any atom is -0.340 e. The van der Waals surface area contributed by atoms with Crippen LogP contribution >= 0.6 is 0 Å². The van der Waals surface area contributed by atoms with Gasteiger partial charge in [-0.1, -0.05) is 72.8 Å². The molecule has 5 rings (SSSR count). The summed E-state index contributed by atoms with van der Waals surface area (Å²) in [6, 6.07) is 31.1. The van der Waals surface area contributed by atoms with Crippen LogP contribution in [0.25, 0.3) is 44.1 Å². The number of aryl methyl sites for hydroxylation is 1. The first-order valence-corrected chi connectivity index (χ1v) is 12.6. The highest BCUT2D eigenvalue weighted by Crippen LogP contribution is 2.35. The van der Waals surface area contributed by atoms with Crippen molar-refractivity contribution < 1.29 is 0 Å². The van der Waals surface area contributed by atoms with Crippen LogP contribution in [0.3, 0.4) is 0 Å². The van der Waals surface area contributed by atoms with Gasteiger partial charge in [-0.25, -0.2) is 0 Å². The summed E-state index contributed by atoms with van der Waals surface area (Å²) in [5.74, 6) is 0. The molecule has 0 amide bonds. The van der Waals surface area contributed by atoms with E-state index in [0.717, 1.165) is 25.8 Å². The largest absolute Gasteiger partial charge is 0.340 e. The van der Waals surface area contributed by atoms with Crippen molar-refractivity contribution in [3.05, 3.63) is 96.1 Å². The number of nitrogens with two attached hydrogens (primary N) is 3. The van der Waals surface area contributed by atoms with Gasteiger partial charge in [-0.2, -0.15) is 0 Å². The third kappa shape index (κ3) is 4.73. The Balaban J connectivity index is 1.65. The average molecular weight is 463 g/mol. The highest BCUT2D eigenvalue weighted by molar-refractivity contribution is 6.10. The molecule has 0 aliphatic heterocycles. The van der Waals surface area contributed by atoms with Gasteiger partial charge in [0, 0.05) is 28.4 Å². The smallest absolute Gasteiger partial charge is 0.0497 e. The van der Waals surface area contributed by atoms with Gasteiger partial charge < -0.3 is 21.8 Å². The fourth-order valence-corrected chi connectivity index (χ4v) is 5.09. The van der Waals surface area contributed by atoms with Gasteiger partial charge in [-0.3, -0.25) is 0 Å². The van der Waals surface area contributed by atoms with E-state index in [9.17, 15) is 0 Å². The van der Waals surface area contributed by atoms with Crippen molar-refractivity contribution in [2.45, 2.75) is 25.8 Å². The van der Waals surface area contributed by atoms with E-state index in [-0.39, 0.29) is 0 Å². The second-order valence-corrected chi connectivity index (χ2v) is 9.24. The van der Waals surface area contributed by atoms with Gasteiger partial charge in [-0.15, -0.1) is 0 Å². The van der Waals surface area contributed by atoms with Gasteiger partial charge in [-0.05, 0) is 84.4 Å². The molecule has 0 atom stereocenters. The van der Waals surface area contributed by atoms with E-state index in [1.807, 2.05) is 0 Å². The summed E-state index contributed by atoms with van der Waals surface area (Å²) in [7, 11) is 0. The third-order valence-electron chi connectivity index (χ3n) is 6.84. The Morgan fingerprint density at radius 2 is 1.00 bits per heavy atom. The van der Waals surface area contributed by atoms with E-state index < -0.39 is 0 Å². The van der Waals surface area contributed by atoms with Crippen LogP contribution in [0.15, 0.2) is 84.9 Å².